The molecule has 4 heteroatoms. The maximum atomic E-state index is 12.0. The third-order valence-electron chi connectivity index (χ3n) is 4.64. The van der Waals surface area contributed by atoms with Crippen molar-refractivity contribution in [1.82, 2.24) is 0 Å². The third-order valence-corrected chi connectivity index (χ3v) is 4.64. The van der Waals surface area contributed by atoms with Gasteiger partial charge in [-0.3, -0.25) is 4.79 Å². The molecule has 0 aliphatic carbocycles. The summed E-state index contributed by atoms with van der Waals surface area (Å²) >= 11 is 0. The normalized spacial score (nSPS) is 13.2. The van der Waals surface area contributed by atoms with Gasteiger partial charge < -0.3 is 14.6 Å². The molecule has 0 spiro atoms. The Morgan fingerprint density at radius 2 is 1.54 bits per heavy atom. The topological polar surface area (TPSA) is 55.8 Å². The number of fused-ring (bicyclic) bond motifs is 1. The lowest BCUT2D eigenvalue weighted by molar-refractivity contribution is -0.125. The second-order valence-corrected chi connectivity index (χ2v) is 6.25. The van der Waals surface area contributed by atoms with Gasteiger partial charge in [0.1, 0.15) is 17.6 Å². The second kappa shape index (κ2) is 7.58. The van der Waals surface area contributed by atoms with Crippen LogP contribution >= 0.6 is 0 Å². The Morgan fingerprint density at radius 3 is 2.08 bits per heavy atom. The number of aliphatic hydroxyl groups excluding tert-OH is 1. The summed E-state index contributed by atoms with van der Waals surface area (Å²) < 4.78 is 10.8. The van der Waals surface area contributed by atoms with Gasteiger partial charge in [-0.1, -0.05) is 36.4 Å². The first-order chi connectivity index (χ1) is 12.5. The van der Waals surface area contributed by atoms with Crippen molar-refractivity contribution >= 4 is 16.6 Å². The molecule has 4 nitrogen and oxygen atoms in total. The quantitative estimate of drug-likeness (QED) is 0.732. The molecular formula is C22H22O4. The van der Waals surface area contributed by atoms with E-state index in [-0.39, 0.29) is 5.78 Å². The summed E-state index contributed by atoms with van der Waals surface area (Å²) in [6.07, 6.45) is -1.17. The van der Waals surface area contributed by atoms with Crippen LogP contribution in [0.5, 0.6) is 11.5 Å². The number of carbonyl (C=O) groups is 1. The van der Waals surface area contributed by atoms with Gasteiger partial charge in [0.25, 0.3) is 0 Å². The fourth-order valence-corrected chi connectivity index (χ4v) is 3.23. The fraction of sp³-hybridized carbons (Fsp3) is 0.227. The van der Waals surface area contributed by atoms with Gasteiger partial charge in [0.05, 0.1) is 14.2 Å². The molecule has 0 radical (unpaired) electrons. The molecule has 2 atom stereocenters. The highest BCUT2D eigenvalue weighted by Gasteiger charge is 2.29. The number of benzene rings is 3. The molecule has 0 heterocycles. The maximum Gasteiger partial charge on any atom is 0.159 e. The average Bonchev–Trinajstić information content (AvgIpc) is 2.68. The van der Waals surface area contributed by atoms with Gasteiger partial charge in [-0.05, 0) is 47.5 Å². The van der Waals surface area contributed by atoms with Gasteiger partial charge in [-0.2, -0.15) is 0 Å². The largest absolute Gasteiger partial charge is 0.497 e. The second-order valence-electron chi connectivity index (χ2n) is 6.25. The number of hydrogen-bond donors (Lipinski definition) is 1. The molecule has 0 amide bonds. The van der Waals surface area contributed by atoms with E-state index in [1.54, 1.807) is 14.2 Å². The number of ketones is 1. The molecular weight excluding hydrogens is 328 g/mol. The van der Waals surface area contributed by atoms with Crippen LogP contribution in [0.1, 0.15) is 24.0 Å². The summed E-state index contributed by atoms with van der Waals surface area (Å²) in [5, 5.41) is 12.7. The van der Waals surface area contributed by atoms with Crippen LogP contribution in [0.15, 0.2) is 60.7 Å². The first kappa shape index (κ1) is 18.0. The van der Waals surface area contributed by atoms with Crippen LogP contribution in [0.3, 0.4) is 0 Å². The van der Waals surface area contributed by atoms with Crippen molar-refractivity contribution in [1.29, 1.82) is 0 Å². The Morgan fingerprint density at radius 1 is 0.923 bits per heavy atom. The van der Waals surface area contributed by atoms with E-state index in [0.29, 0.717) is 5.75 Å². The van der Waals surface area contributed by atoms with E-state index in [0.717, 1.165) is 27.6 Å². The molecule has 0 saturated carbocycles. The predicted octanol–water partition coefficient (Wildman–Crippen LogP) is 3.94. The summed E-state index contributed by atoms with van der Waals surface area (Å²) in [5.41, 5.74) is 1.60. The van der Waals surface area contributed by atoms with E-state index in [4.69, 9.17) is 9.47 Å². The molecule has 0 aliphatic rings. The van der Waals surface area contributed by atoms with Crippen LogP contribution in [0, 0.1) is 0 Å². The number of hydrogen-bond acceptors (Lipinski definition) is 4. The van der Waals surface area contributed by atoms with Crippen molar-refractivity contribution < 1.29 is 19.4 Å². The van der Waals surface area contributed by atoms with Crippen LogP contribution in [0.2, 0.25) is 0 Å². The zero-order chi connectivity index (χ0) is 18.7. The molecule has 0 bridgehead atoms. The Bertz CT molecular complexity index is 915. The van der Waals surface area contributed by atoms with Crippen molar-refractivity contribution in [2.75, 3.05) is 14.2 Å². The number of carbonyl (C=O) groups excluding carboxylic acids is 1. The summed E-state index contributed by atoms with van der Waals surface area (Å²) in [6, 6.07) is 19.2. The Kier molecular flexibility index (Phi) is 5.24. The molecule has 3 aromatic rings. The highest BCUT2D eigenvalue weighted by molar-refractivity contribution is 5.87. The Hall–Kier alpha value is -2.85. The number of aliphatic hydroxyl groups is 1. The minimum absolute atomic E-state index is 0.291. The molecule has 3 rings (SSSR count). The zero-order valence-corrected chi connectivity index (χ0v) is 15.1. The number of rotatable bonds is 6. The van der Waals surface area contributed by atoms with Gasteiger partial charge in [-0.25, -0.2) is 0 Å². The predicted molar refractivity (Wildman–Crippen MR) is 102 cm³/mol. The van der Waals surface area contributed by atoms with Gasteiger partial charge in [0.2, 0.25) is 0 Å². The van der Waals surface area contributed by atoms with Crippen molar-refractivity contribution in [3.63, 3.8) is 0 Å². The standard InChI is InChI=1S/C22H22O4/c1-14(23)22(24)21(15-8-10-18(25-2)11-9-15)19-12-16-6-4-5-7-17(16)13-20(19)26-3/h4-13,21-22,24H,1-3H3. The van der Waals surface area contributed by atoms with Crippen LogP contribution in [-0.4, -0.2) is 31.2 Å². The lowest BCUT2D eigenvalue weighted by Crippen LogP contribution is -2.27. The summed E-state index contributed by atoms with van der Waals surface area (Å²) in [4.78, 5) is 12.0. The first-order valence-corrected chi connectivity index (χ1v) is 8.44. The molecule has 0 fully saturated rings. The lowest BCUT2D eigenvalue weighted by atomic mass is 9.83. The Balaban J connectivity index is 2.20. The maximum absolute atomic E-state index is 12.0. The molecule has 3 aromatic carbocycles. The van der Waals surface area contributed by atoms with Crippen molar-refractivity contribution in [3.05, 3.63) is 71.8 Å². The fourth-order valence-electron chi connectivity index (χ4n) is 3.23. The molecule has 134 valence electrons. The smallest absolute Gasteiger partial charge is 0.159 e. The van der Waals surface area contributed by atoms with Gasteiger partial charge in [0.15, 0.2) is 5.78 Å². The van der Waals surface area contributed by atoms with E-state index in [1.807, 2.05) is 60.7 Å². The summed E-state index contributed by atoms with van der Waals surface area (Å²) in [5.74, 6) is 0.541. The lowest BCUT2D eigenvalue weighted by Gasteiger charge is -2.24. The van der Waals surface area contributed by atoms with Crippen molar-refractivity contribution in [2.45, 2.75) is 18.9 Å². The zero-order valence-electron chi connectivity index (χ0n) is 15.1. The van der Waals surface area contributed by atoms with E-state index < -0.39 is 12.0 Å². The van der Waals surface area contributed by atoms with E-state index in [9.17, 15) is 9.90 Å². The van der Waals surface area contributed by atoms with Crippen molar-refractivity contribution in [2.24, 2.45) is 0 Å². The van der Waals surface area contributed by atoms with Gasteiger partial charge in [-0.15, -0.1) is 0 Å². The number of Topliss-reactive ketones (excluding diaryl/α,β-unsaturated/α-hetero) is 1. The van der Waals surface area contributed by atoms with E-state index in [1.165, 1.54) is 6.92 Å². The summed E-state index contributed by atoms with van der Waals surface area (Å²) in [6.45, 7) is 1.40. The average molecular weight is 350 g/mol. The highest BCUT2D eigenvalue weighted by atomic mass is 16.5. The highest BCUT2D eigenvalue weighted by Crippen LogP contribution is 2.38. The monoisotopic (exact) mass is 350 g/mol. The van der Waals surface area contributed by atoms with Crippen LogP contribution in [0.4, 0.5) is 0 Å². The molecule has 1 N–H and O–H groups in total. The SMILES string of the molecule is COc1ccc(C(c2cc3ccccc3cc2OC)C(O)C(C)=O)cc1. The number of ether oxygens (including phenoxy) is 2. The minimum Gasteiger partial charge on any atom is -0.497 e. The molecule has 0 aliphatic heterocycles. The molecule has 0 aromatic heterocycles. The third kappa shape index (κ3) is 3.41. The van der Waals surface area contributed by atoms with E-state index >= 15 is 0 Å². The number of methoxy groups -OCH3 is 2. The molecule has 26 heavy (non-hydrogen) atoms. The molecule has 0 saturated heterocycles. The van der Waals surface area contributed by atoms with Crippen molar-refractivity contribution in [3.8, 4) is 11.5 Å². The summed E-state index contributed by atoms with van der Waals surface area (Å²) in [7, 11) is 3.20. The minimum atomic E-state index is -1.17. The van der Waals surface area contributed by atoms with Crippen LogP contribution in [-0.2, 0) is 4.79 Å². The molecule has 2 unspecified atom stereocenters. The van der Waals surface area contributed by atoms with Crippen LogP contribution in [0.25, 0.3) is 10.8 Å². The van der Waals surface area contributed by atoms with E-state index in [2.05, 4.69) is 0 Å². The Labute approximate surface area is 153 Å². The first-order valence-electron chi connectivity index (χ1n) is 8.44. The van der Waals surface area contributed by atoms with Gasteiger partial charge >= 0.3 is 0 Å². The van der Waals surface area contributed by atoms with Crippen LogP contribution < -0.4 is 9.47 Å². The van der Waals surface area contributed by atoms with Gasteiger partial charge in [0, 0.05) is 11.5 Å².